The molecule has 1 saturated heterocycles. The highest BCUT2D eigenvalue weighted by Gasteiger charge is 2.29. The van der Waals surface area contributed by atoms with Gasteiger partial charge in [0.15, 0.2) is 0 Å². The Morgan fingerprint density at radius 1 is 1.46 bits per heavy atom. The van der Waals surface area contributed by atoms with E-state index in [1.54, 1.807) is 0 Å². The van der Waals surface area contributed by atoms with Gasteiger partial charge in [-0.25, -0.2) is 0 Å². The maximum Gasteiger partial charge on any atom is 0.0627 e. The molecule has 1 aliphatic heterocycles. The molecule has 0 aliphatic carbocycles. The highest BCUT2D eigenvalue weighted by Crippen LogP contribution is 2.22. The molecule has 1 fully saturated rings. The first-order valence-electron chi connectivity index (χ1n) is 4.83. The quantitative estimate of drug-likeness (QED) is 0.512. The van der Waals surface area contributed by atoms with Gasteiger partial charge in [0.1, 0.15) is 0 Å². The average molecular weight is 181 g/mol. The minimum absolute atomic E-state index is 0.0865. The molecule has 3 heteroatoms. The minimum Gasteiger partial charge on any atom is -0.309 e. The van der Waals surface area contributed by atoms with Gasteiger partial charge in [-0.1, -0.05) is 20.8 Å². The third-order valence-corrected chi connectivity index (χ3v) is 2.34. The van der Waals surface area contributed by atoms with Gasteiger partial charge in [-0.05, 0) is 19.4 Å². The zero-order chi connectivity index (χ0) is 9.90. The Hall–Kier alpha value is -0.700. The van der Waals surface area contributed by atoms with Gasteiger partial charge >= 0.3 is 0 Å². The molecule has 0 aromatic carbocycles. The largest absolute Gasteiger partial charge is 0.309 e. The highest BCUT2D eigenvalue weighted by molar-refractivity contribution is 5.94. The van der Waals surface area contributed by atoms with Crippen molar-refractivity contribution in [2.45, 2.75) is 39.7 Å². The van der Waals surface area contributed by atoms with Crippen LogP contribution in [0, 0.1) is 5.41 Å². The van der Waals surface area contributed by atoms with Gasteiger partial charge in [-0.15, -0.1) is 0 Å². The van der Waals surface area contributed by atoms with E-state index in [-0.39, 0.29) is 5.41 Å². The lowest BCUT2D eigenvalue weighted by Crippen LogP contribution is -2.38. The lowest BCUT2D eigenvalue weighted by Gasteiger charge is -2.25. The van der Waals surface area contributed by atoms with E-state index in [2.05, 4.69) is 43.0 Å². The maximum absolute atomic E-state index is 4.15. The lowest BCUT2D eigenvalue weighted by molar-refractivity contribution is 0.548. The van der Waals surface area contributed by atoms with Crippen molar-refractivity contribution in [1.82, 2.24) is 5.32 Å². The molecule has 74 valence electrons. The number of rotatable bonds is 2. The van der Waals surface area contributed by atoms with E-state index >= 15 is 0 Å². The van der Waals surface area contributed by atoms with E-state index in [1.807, 2.05) is 0 Å². The van der Waals surface area contributed by atoms with Crippen molar-refractivity contribution < 1.29 is 0 Å². The molecule has 0 amide bonds. The summed E-state index contributed by atoms with van der Waals surface area (Å²) in [4.78, 5) is 0. The lowest BCUT2D eigenvalue weighted by atomic mass is 9.85. The number of hydrogen-bond acceptors (Lipinski definition) is 3. The predicted molar refractivity (Wildman–Crippen MR) is 57.5 cm³/mol. The van der Waals surface area contributed by atoms with Crippen LogP contribution in [-0.4, -0.2) is 25.0 Å². The molecule has 0 saturated carbocycles. The van der Waals surface area contributed by atoms with Crippen molar-refractivity contribution in [2.24, 2.45) is 15.6 Å². The summed E-state index contributed by atoms with van der Waals surface area (Å²) in [5, 5.41) is 11.2. The molecule has 0 bridgehead atoms. The molecule has 1 N–H and O–H groups in total. The summed E-state index contributed by atoms with van der Waals surface area (Å²) in [6, 6.07) is 0.408. The fourth-order valence-corrected chi connectivity index (χ4v) is 1.74. The Balaban J connectivity index is 2.79. The van der Waals surface area contributed by atoms with E-state index < -0.39 is 0 Å². The number of nitrogens with zero attached hydrogens (tertiary/aromatic N) is 2. The average Bonchev–Trinajstić information content (AvgIpc) is 2.49. The van der Waals surface area contributed by atoms with Crippen LogP contribution in [0.25, 0.3) is 0 Å². The first kappa shape index (κ1) is 10.4. The Kier molecular flexibility index (Phi) is 3.20. The normalized spacial score (nSPS) is 24.8. The van der Waals surface area contributed by atoms with Gasteiger partial charge in [0.2, 0.25) is 0 Å². The van der Waals surface area contributed by atoms with E-state index in [1.165, 1.54) is 12.8 Å². The van der Waals surface area contributed by atoms with Crippen LogP contribution in [0.5, 0.6) is 0 Å². The van der Waals surface area contributed by atoms with Crippen molar-refractivity contribution in [3.63, 3.8) is 0 Å². The molecule has 1 atom stereocenters. The van der Waals surface area contributed by atoms with Crippen molar-refractivity contribution >= 4 is 12.4 Å². The van der Waals surface area contributed by atoms with Crippen LogP contribution in [0.3, 0.4) is 0 Å². The van der Waals surface area contributed by atoms with Crippen molar-refractivity contribution in [1.29, 1.82) is 0 Å². The van der Waals surface area contributed by atoms with E-state index in [0.717, 1.165) is 12.3 Å². The standard InChI is InChI=1S/C10H19N3/c1-10(2,3)9(13-11-4)8-6-5-7-12-8/h8,12H,4-7H2,1-3H3/b13-9+. The summed E-state index contributed by atoms with van der Waals surface area (Å²) >= 11 is 0. The monoisotopic (exact) mass is 181 g/mol. The minimum atomic E-state index is 0.0865. The van der Waals surface area contributed by atoms with Crippen LogP contribution in [0.1, 0.15) is 33.6 Å². The van der Waals surface area contributed by atoms with Crippen molar-refractivity contribution in [3.05, 3.63) is 0 Å². The van der Waals surface area contributed by atoms with Gasteiger partial charge in [0.05, 0.1) is 5.71 Å². The number of hydrogen-bond donors (Lipinski definition) is 1. The predicted octanol–water partition coefficient (Wildman–Crippen LogP) is 1.84. The Bertz CT molecular complexity index is 207. The first-order chi connectivity index (χ1) is 6.05. The van der Waals surface area contributed by atoms with Crippen LogP contribution in [-0.2, 0) is 0 Å². The summed E-state index contributed by atoms with van der Waals surface area (Å²) < 4.78 is 0. The summed E-state index contributed by atoms with van der Waals surface area (Å²) in [7, 11) is 0. The second-order valence-corrected chi connectivity index (χ2v) is 4.53. The summed E-state index contributed by atoms with van der Waals surface area (Å²) in [5.74, 6) is 0. The van der Waals surface area contributed by atoms with Crippen LogP contribution in [0.4, 0.5) is 0 Å². The van der Waals surface area contributed by atoms with Gasteiger partial charge in [0, 0.05) is 18.2 Å². The Morgan fingerprint density at radius 3 is 2.54 bits per heavy atom. The fraction of sp³-hybridized carbons (Fsp3) is 0.800. The zero-order valence-corrected chi connectivity index (χ0v) is 8.80. The summed E-state index contributed by atoms with van der Waals surface area (Å²) in [5.41, 5.74) is 1.21. The maximum atomic E-state index is 4.15. The van der Waals surface area contributed by atoms with Gasteiger partial charge in [-0.2, -0.15) is 10.2 Å². The van der Waals surface area contributed by atoms with Crippen LogP contribution in [0.15, 0.2) is 10.2 Å². The third kappa shape index (κ3) is 2.62. The van der Waals surface area contributed by atoms with Gasteiger partial charge < -0.3 is 5.32 Å². The Labute approximate surface area is 80.3 Å². The molecule has 0 aromatic heterocycles. The van der Waals surface area contributed by atoms with Gasteiger partial charge in [-0.3, -0.25) is 0 Å². The molecule has 1 heterocycles. The molecule has 1 rings (SSSR count). The highest BCUT2D eigenvalue weighted by atomic mass is 15.2. The summed E-state index contributed by atoms with van der Waals surface area (Å²) in [6.07, 6.45) is 2.41. The van der Waals surface area contributed by atoms with Gasteiger partial charge in [0.25, 0.3) is 0 Å². The first-order valence-corrected chi connectivity index (χ1v) is 4.83. The molecule has 13 heavy (non-hydrogen) atoms. The molecule has 0 spiro atoms. The molecule has 3 nitrogen and oxygen atoms in total. The molecule has 1 aliphatic rings. The topological polar surface area (TPSA) is 36.8 Å². The van der Waals surface area contributed by atoms with Crippen LogP contribution in [0.2, 0.25) is 0 Å². The fourth-order valence-electron chi connectivity index (χ4n) is 1.74. The third-order valence-electron chi connectivity index (χ3n) is 2.34. The van der Waals surface area contributed by atoms with E-state index in [4.69, 9.17) is 0 Å². The molecule has 0 radical (unpaired) electrons. The Morgan fingerprint density at radius 2 is 2.15 bits per heavy atom. The van der Waals surface area contributed by atoms with Crippen LogP contribution >= 0.6 is 0 Å². The zero-order valence-electron chi connectivity index (χ0n) is 8.80. The molecular weight excluding hydrogens is 162 g/mol. The van der Waals surface area contributed by atoms with E-state index in [0.29, 0.717) is 6.04 Å². The van der Waals surface area contributed by atoms with E-state index in [9.17, 15) is 0 Å². The number of nitrogens with one attached hydrogen (secondary N) is 1. The molecule has 1 unspecified atom stereocenters. The second-order valence-electron chi connectivity index (χ2n) is 4.53. The van der Waals surface area contributed by atoms with Crippen molar-refractivity contribution in [3.8, 4) is 0 Å². The molecule has 0 aromatic rings. The molecular formula is C10H19N3. The van der Waals surface area contributed by atoms with Crippen molar-refractivity contribution in [2.75, 3.05) is 6.54 Å². The smallest absolute Gasteiger partial charge is 0.0627 e. The summed E-state index contributed by atoms with van der Waals surface area (Å²) in [6.45, 7) is 11.0. The second kappa shape index (κ2) is 4.01. The van der Waals surface area contributed by atoms with Crippen LogP contribution < -0.4 is 5.32 Å². The SMILES string of the molecule is C=N/N=C(\C1CCCN1)C(C)(C)C.